The fraction of sp³-hybridized carbons (Fsp3) is 0.565. The van der Waals surface area contributed by atoms with Crippen LogP contribution in [0.15, 0.2) is 17.1 Å². The van der Waals surface area contributed by atoms with E-state index in [4.69, 9.17) is 11.6 Å². The molecule has 2 saturated carbocycles. The van der Waals surface area contributed by atoms with Crippen molar-refractivity contribution in [3.05, 3.63) is 38.6 Å². The Morgan fingerprint density at radius 2 is 2.16 bits per heavy atom. The van der Waals surface area contributed by atoms with Gasteiger partial charge in [0, 0.05) is 29.3 Å². The Balaban J connectivity index is 1.58. The number of benzene rings is 1. The van der Waals surface area contributed by atoms with E-state index in [-0.39, 0.29) is 34.2 Å². The number of rotatable bonds is 6. The fourth-order valence-corrected chi connectivity index (χ4v) is 5.97. The number of hydrogen-bond acceptors (Lipinski definition) is 5. The van der Waals surface area contributed by atoms with Crippen LogP contribution in [0.1, 0.15) is 60.5 Å². The van der Waals surface area contributed by atoms with Crippen LogP contribution in [0.4, 0.5) is 0 Å². The highest BCUT2D eigenvalue weighted by atomic mass is 35.5. The molecular formula is C23H28ClN3O4. The van der Waals surface area contributed by atoms with E-state index in [0.29, 0.717) is 27.9 Å². The van der Waals surface area contributed by atoms with E-state index in [1.165, 1.54) is 12.3 Å². The second kappa shape index (κ2) is 7.22. The maximum absolute atomic E-state index is 12.8. The number of phenolic OH excluding ortho intramolecular Hbond substituents is 1. The molecule has 3 aliphatic rings. The molecule has 2 aromatic rings. The summed E-state index contributed by atoms with van der Waals surface area (Å²) in [5, 5.41) is 27.8. The number of phenols is 1. The first kappa shape index (κ1) is 20.8. The average molecular weight is 446 g/mol. The molecule has 0 amide bonds. The third-order valence-electron chi connectivity index (χ3n) is 7.54. The summed E-state index contributed by atoms with van der Waals surface area (Å²) in [6.07, 6.45) is 5.19. The first-order chi connectivity index (χ1) is 14.8. The van der Waals surface area contributed by atoms with Crippen LogP contribution < -0.4 is 16.1 Å². The summed E-state index contributed by atoms with van der Waals surface area (Å²) in [5.74, 6) is -0.0955. The van der Waals surface area contributed by atoms with Gasteiger partial charge in [-0.2, -0.15) is 0 Å². The number of nitrogens with one attached hydrogen (secondary N) is 2. The highest BCUT2D eigenvalue weighted by molar-refractivity contribution is 6.36. The lowest BCUT2D eigenvalue weighted by atomic mass is 9.89. The number of carbonyl (C=O) groups is 1. The monoisotopic (exact) mass is 445 g/mol. The number of aromatic nitrogens is 1. The predicted molar refractivity (Wildman–Crippen MR) is 119 cm³/mol. The Labute approximate surface area is 185 Å². The van der Waals surface area contributed by atoms with E-state index in [9.17, 15) is 19.8 Å². The number of halogens is 1. The lowest BCUT2D eigenvalue weighted by molar-refractivity contribution is 0.0695. The number of fused-ring (bicyclic) bond motifs is 1. The normalized spacial score (nSPS) is 28.4. The third-order valence-corrected chi connectivity index (χ3v) is 7.92. The van der Waals surface area contributed by atoms with E-state index in [1.54, 1.807) is 0 Å². The molecule has 4 atom stereocenters. The molecule has 4 N–H and O–H groups in total. The van der Waals surface area contributed by atoms with Crippen molar-refractivity contribution in [2.24, 2.45) is 11.8 Å². The Bertz CT molecular complexity index is 1140. The minimum Gasteiger partial charge on any atom is -0.508 e. The molecule has 1 aromatic carbocycles. The number of carboxylic acids is 1. The van der Waals surface area contributed by atoms with E-state index >= 15 is 0 Å². The van der Waals surface area contributed by atoms with Crippen LogP contribution in [-0.2, 0) is 0 Å². The second-order valence-electron chi connectivity index (χ2n) is 9.63. The van der Waals surface area contributed by atoms with Gasteiger partial charge >= 0.3 is 5.97 Å². The smallest absolute Gasteiger partial charge is 0.341 e. The Hall–Kier alpha value is -2.09. The molecule has 2 aliphatic carbocycles. The number of aromatic hydroxyl groups is 1. The highest BCUT2D eigenvalue weighted by Gasteiger charge is 2.60. The molecule has 1 saturated heterocycles. The van der Waals surface area contributed by atoms with Gasteiger partial charge in [-0.3, -0.25) is 4.79 Å². The van der Waals surface area contributed by atoms with Crippen LogP contribution in [0.3, 0.4) is 0 Å². The number of pyridine rings is 1. The molecule has 1 aromatic heterocycles. The van der Waals surface area contributed by atoms with Gasteiger partial charge in [0.1, 0.15) is 11.3 Å². The van der Waals surface area contributed by atoms with Crippen LogP contribution in [0, 0.1) is 11.8 Å². The summed E-state index contributed by atoms with van der Waals surface area (Å²) < 4.78 is 1.83. The van der Waals surface area contributed by atoms with Crippen molar-refractivity contribution in [3.63, 3.8) is 0 Å². The molecule has 7 nitrogen and oxygen atoms in total. The molecule has 1 spiro atoms. The van der Waals surface area contributed by atoms with Crippen LogP contribution in [0.5, 0.6) is 5.75 Å². The van der Waals surface area contributed by atoms with Crippen LogP contribution in [-0.4, -0.2) is 46.4 Å². The van der Waals surface area contributed by atoms with Crippen molar-refractivity contribution in [2.45, 2.75) is 50.1 Å². The standard InChI is InChI=1S/C23H28ClN3O4/c1-11(8-25-2)12-6-23(26-9-12)7-16(23)18-17(28)5-14-20(19(18)24)27(13-3-4-13)10-15(21(14)29)22(30)31/h5,10-13,16,25-26,28H,3-4,6-9H2,1-2H3,(H,30,31)/t11-,12?,16?,23?/m1/s1. The SMILES string of the molecule is CNC[C@@H](C)C1CNC2(C1)CC2c1c(O)cc2c(=O)c(C(=O)O)cn(C3CC3)c2c1Cl. The molecule has 31 heavy (non-hydrogen) atoms. The van der Waals surface area contributed by atoms with Gasteiger partial charge in [0.05, 0.1) is 15.9 Å². The largest absolute Gasteiger partial charge is 0.508 e. The lowest BCUT2D eigenvalue weighted by Crippen LogP contribution is -2.26. The number of aromatic carboxylic acids is 1. The summed E-state index contributed by atoms with van der Waals surface area (Å²) in [6, 6.07) is 1.56. The van der Waals surface area contributed by atoms with Crippen molar-refractivity contribution in [1.82, 2.24) is 15.2 Å². The summed E-state index contributed by atoms with van der Waals surface area (Å²) in [5.41, 5.74) is 0.276. The maximum atomic E-state index is 12.8. The lowest BCUT2D eigenvalue weighted by Gasteiger charge is -2.19. The van der Waals surface area contributed by atoms with Crippen LogP contribution >= 0.6 is 11.6 Å². The van der Waals surface area contributed by atoms with Gasteiger partial charge in [-0.15, -0.1) is 0 Å². The topological polar surface area (TPSA) is 104 Å². The Kier molecular flexibility index (Phi) is 4.84. The molecule has 5 rings (SSSR count). The summed E-state index contributed by atoms with van der Waals surface area (Å²) >= 11 is 6.87. The van der Waals surface area contributed by atoms with Crippen molar-refractivity contribution in [1.29, 1.82) is 0 Å². The summed E-state index contributed by atoms with van der Waals surface area (Å²) in [6.45, 7) is 4.17. The molecule has 3 unspecified atom stereocenters. The molecule has 3 fully saturated rings. The van der Waals surface area contributed by atoms with Crippen LogP contribution in [0.25, 0.3) is 10.9 Å². The Morgan fingerprint density at radius 3 is 2.81 bits per heavy atom. The summed E-state index contributed by atoms with van der Waals surface area (Å²) in [4.78, 5) is 24.4. The predicted octanol–water partition coefficient (Wildman–Crippen LogP) is 3.08. The van der Waals surface area contributed by atoms with E-state index in [2.05, 4.69) is 17.6 Å². The van der Waals surface area contributed by atoms with Crippen molar-refractivity contribution >= 4 is 28.5 Å². The Morgan fingerprint density at radius 1 is 1.42 bits per heavy atom. The zero-order chi connectivity index (χ0) is 22.1. The minimum absolute atomic E-state index is 0.0186. The van der Waals surface area contributed by atoms with E-state index < -0.39 is 11.4 Å². The van der Waals surface area contributed by atoms with Gasteiger partial charge in [-0.05, 0) is 63.7 Å². The number of hydrogen-bond donors (Lipinski definition) is 4. The minimum atomic E-state index is -1.26. The summed E-state index contributed by atoms with van der Waals surface area (Å²) in [7, 11) is 1.97. The number of carboxylic acid groups (broad SMARTS) is 1. The van der Waals surface area contributed by atoms with Crippen LogP contribution in [0.2, 0.25) is 5.02 Å². The van der Waals surface area contributed by atoms with Gasteiger partial charge in [0.25, 0.3) is 0 Å². The first-order valence-electron chi connectivity index (χ1n) is 11.0. The third kappa shape index (κ3) is 3.25. The molecule has 1 aliphatic heterocycles. The van der Waals surface area contributed by atoms with Gasteiger partial charge in [0.2, 0.25) is 5.43 Å². The zero-order valence-corrected chi connectivity index (χ0v) is 18.5. The number of nitrogens with zero attached hydrogens (tertiary/aromatic N) is 1. The first-order valence-corrected chi connectivity index (χ1v) is 11.4. The van der Waals surface area contributed by atoms with Crippen molar-refractivity contribution in [2.75, 3.05) is 20.1 Å². The van der Waals surface area contributed by atoms with Gasteiger partial charge in [0.15, 0.2) is 0 Å². The van der Waals surface area contributed by atoms with Gasteiger partial charge < -0.3 is 25.4 Å². The quantitative estimate of drug-likeness (QED) is 0.544. The van der Waals surface area contributed by atoms with E-state index in [0.717, 1.165) is 38.8 Å². The molecular weight excluding hydrogens is 418 g/mol. The maximum Gasteiger partial charge on any atom is 0.341 e. The molecule has 8 heteroatoms. The highest BCUT2D eigenvalue weighted by Crippen LogP contribution is 2.61. The van der Waals surface area contributed by atoms with Gasteiger partial charge in [-0.25, -0.2) is 4.79 Å². The molecule has 2 heterocycles. The van der Waals surface area contributed by atoms with Crippen molar-refractivity contribution < 1.29 is 15.0 Å². The second-order valence-corrected chi connectivity index (χ2v) is 10.0. The average Bonchev–Trinajstić information content (AvgIpc) is 3.61. The molecule has 0 bridgehead atoms. The molecule has 166 valence electrons. The van der Waals surface area contributed by atoms with Crippen molar-refractivity contribution in [3.8, 4) is 5.75 Å². The molecule has 0 radical (unpaired) electrons. The zero-order valence-electron chi connectivity index (χ0n) is 17.7. The fourth-order valence-electron chi connectivity index (χ4n) is 5.54. The van der Waals surface area contributed by atoms with Gasteiger partial charge in [-0.1, -0.05) is 18.5 Å². The van der Waals surface area contributed by atoms with E-state index in [1.807, 2.05) is 11.6 Å².